The van der Waals surface area contributed by atoms with Crippen molar-refractivity contribution in [3.8, 4) is 0 Å². The lowest BCUT2D eigenvalue weighted by Gasteiger charge is -2.21. The first-order chi connectivity index (χ1) is 13.7. The molecule has 1 aliphatic rings. The molecule has 148 valence electrons. The number of carbonyl (C=O) groups is 1. The number of hydrogen-bond donors (Lipinski definition) is 2. The smallest absolute Gasteiger partial charge is 0.242 e. The molecule has 0 saturated carbocycles. The number of guanidine groups is 1. The summed E-state index contributed by atoms with van der Waals surface area (Å²) < 4.78 is 0. The van der Waals surface area contributed by atoms with Gasteiger partial charge in [-0.1, -0.05) is 60.7 Å². The molecule has 0 aromatic heterocycles. The minimum atomic E-state index is -0.0562. The summed E-state index contributed by atoms with van der Waals surface area (Å²) in [6.45, 7) is 5.50. The van der Waals surface area contributed by atoms with Crippen molar-refractivity contribution in [3.05, 3.63) is 71.8 Å². The van der Waals surface area contributed by atoms with E-state index in [2.05, 4.69) is 57.8 Å². The molecule has 2 N–H and O–H groups in total. The second-order valence-electron chi connectivity index (χ2n) is 7.22. The monoisotopic (exact) mass is 378 g/mol. The molecule has 0 spiro atoms. The van der Waals surface area contributed by atoms with Crippen molar-refractivity contribution in [2.24, 2.45) is 10.9 Å². The van der Waals surface area contributed by atoms with Gasteiger partial charge in [-0.2, -0.15) is 0 Å². The van der Waals surface area contributed by atoms with Gasteiger partial charge in [-0.3, -0.25) is 4.79 Å². The lowest BCUT2D eigenvalue weighted by Crippen LogP contribution is -2.41. The van der Waals surface area contributed by atoms with E-state index in [4.69, 9.17) is 0 Å². The zero-order valence-corrected chi connectivity index (χ0v) is 16.6. The van der Waals surface area contributed by atoms with Crippen LogP contribution in [-0.2, 0) is 17.8 Å². The second-order valence-corrected chi connectivity index (χ2v) is 7.22. The van der Waals surface area contributed by atoms with E-state index in [1.165, 1.54) is 5.56 Å². The summed E-state index contributed by atoms with van der Waals surface area (Å²) in [5.74, 6) is 1.41. The Labute approximate surface area is 167 Å². The van der Waals surface area contributed by atoms with Gasteiger partial charge in [-0.25, -0.2) is 4.99 Å². The van der Waals surface area contributed by atoms with Gasteiger partial charge in [0, 0.05) is 26.2 Å². The fourth-order valence-electron chi connectivity index (χ4n) is 3.56. The van der Waals surface area contributed by atoms with Gasteiger partial charge in [0.1, 0.15) is 6.54 Å². The highest BCUT2D eigenvalue weighted by molar-refractivity contribution is 5.85. The number of nitrogens with one attached hydrogen (secondary N) is 2. The molecule has 2 aromatic carbocycles. The van der Waals surface area contributed by atoms with E-state index in [1.54, 1.807) is 0 Å². The van der Waals surface area contributed by atoms with Crippen molar-refractivity contribution < 1.29 is 4.79 Å². The first-order valence-electron chi connectivity index (χ1n) is 10.1. The summed E-state index contributed by atoms with van der Waals surface area (Å²) >= 11 is 0. The van der Waals surface area contributed by atoms with Gasteiger partial charge in [-0.05, 0) is 36.8 Å². The summed E-state index contributed by atoms with van der Waals surface area (Å²) in [5, 5.41) is 6.27. The molecular weight excluding hydrogens is 348 g/mol. The van der Waals surface area contributed by atoms with Crippen LogP contribution in [0.25, 0.3) is 0 Å². The third-order valence-electron chi connectivity index (χ3n) is 4.99. The summed E-state index contributed by atoms with van der Waals surface area (Å²) in [6, 6.07) is 20.6. The molecule has 1 amide bonds. The molecule has 1 aliphatic heterocycles. The van der Waals surface area contributed by atoms with E-state index >= 15 is 0 Å². The first-order valence-corrected chi connectivity index (χ1v) is 10.1. The van der Waals surface area contributed by atoms with Crippen LogP contribution >= 0.6 is 0 Å². The highest BCUT2D eigenvalue weighted by atomic mass is 16.1. The molecule has 0 bridgehead atoms. The maximum absolute atomic E-state index is 12.2. The zero-order chi connectivity index (χ0) is 19.6. The van der Waals surface area contributed by atoms with Gasteiger partial charge < -0.3 is 15.5 Å². The predicted octanol–water partition coefficient (Wildman–Crippen LogP) is 2.83. The molecule has 1 heterocycles. The minimum absolute atomic E-state index is 0.0562. The van der Waals surface area contributed by atoms with E-state index in [1.807, 2.05) is 30.3 Å². The summed E-state index contributed by atoms with van der Waals surface area (Å²) in [6.07, 6.45) is 2.24. The number of likely N-dealkylation sites (tertiary alicyclic amines) is 1. The molecule has 1 fully saturated rings. The summed E-state index contributed by atoms with van der Waals surface area (Å²) in [4.78, 5) is 19.0. The number of benzene rings is 2. The van der Waals surface area contributed by atoms with Crippen molar-refractivity contribution in [2.45, 2.75) is 26.3 Å². The van der Waals surface area contributed by atoms with E-state index in [-0.39, 0.29) is 12.5 Å². The van der Waals surface area contributed by atoms with Crippen LogP contribution in [0, 0.1) is 5.92 Å². The van der Waals surface area contributed by atoms with Gasteiger partial charge in [0.05, 0.1) is 0 Å². The van der Waals surface area contributed by atoms with Crippen LogP contribution in [-0.4, -0.2) is 42.9 Å². The lowest BCUT2D eigenvalue weighted by molar-refractivity contribution is -0.119. The van der Waals surface area contributed by atoms with Crippen molar-refractivity contribution in [2.75, 3.05) is 26.2 Å². The Kier molecular flexibility index (Phi) is 7.47. The van der Waals surface area contributed by atoms with Gasteiger partial charge >= 0.3 is 0 Å². The third-order valence-corrected chi connectivity index (χ3v) is 4.99. The van der Waals surface area contributed by atoms with Crippen molar-refractivity contribution in [3.63, 3.8) is 0 Å². The van der Waals surface area contributed by atoms with Gasteiger partial charge in [0.25, 0.3) is 0 Å². The van der Waals surface area contributed by atoms with E-state index in [9.17, 15) is 4.79 Å². The van der Waals surface area contributed by atoms with Crippen LogP contribution in [0.1, 0.15) is 24.5 Å². The van der Waals surface area contributed by atoms with E-state index in [0.29, 0.717) is 12.5 Å². The largest absolute Gasteiger partial charge is 0.357 e. The van der Waals surface area contributed by atoms with Crippen LogP contribution in [0.5, 0.6) is 0 Å². The molecular formula is C23H30N4O. The number of nitrogens with zero attached hydrogens (tertiary/aromatic N) is 2. The number of aliphatic imine (C=N–C) groups is 1. The number of amides is 1. The molecule has 0 aliphatic carbocycles. The van der Waals surface area contributed by atoms with E-state index < -0.39 is 0 Å². The molecule has 1 unspecified atom stereocenters. The van der Waals surface area contributed by atoms with Crippen LogP contribution in [0.4, 0.5) is 0 Å². The predicted molar refractivity (Wildman–Crippen MR) is 114 cm³/mol. The zero-order valence-electron chi connectivity index (χ0n) is 16.6. The highest BCUT2D eigenvalue weighted by Crippen LogP contribution is 2.20. The molecule has 2 aromatic rings. The molecule has 5 nitrogen and oxygen atoms in total. The van der Waals surface area contributed by atoms with Crippen molar-refractivity contribution in [1.82, 2.24) is 15.5 Å². The van der Waals surface area contributed by atoms with Gasteiger partial charge in [-0.15, -0.1) is 0 Å². The van der Waals surface area contributed by atoms with Crippen molar-refractivity contribution in [1.29, 1.82) is 0 Å². The maximum atomic E-state index is 12.2. The number of carbonyl (C=O) groups excluding carboxylic acids is 1. The SMILES string of the molecule is CCNC(=NCC(=O)NCc1ccccc1)N1CCC(Cc2ccccc2)C1. The lowest BCUT2D eigenvalue weighted by atomic mass is 9.99. The standard InChI is InChI=1S/C23H30N4O/c1-2-24-23(26-17-22(28)25-16-20-11-7-4-8-12-20)27-14-13-21(18-27)15-19-9-5-3-6-10-19/h3-12,21H,2,13-18H2,1H3,(H,24,26)(H,25,28). The molecule has 1 atom stereocenters. The summed E-state index contributed by atoms with van der Waals surface area (Å²) in [7, 11) is 0. The van der Waals surface area contributed by atoms with Crippen LogP contribution in [0.3, 0.4) is 0 Å². The third kappa shape index (κ3) is 6.12. The Morgan fingerprint density at radius 1 is 1.04 bits per heavy atom. The fourth-order valence-corrected chi connectivity index (χ4v) is 3.56. The molecule has 3 rings (SSSR count). The molecule has 5 heteroatoms. The molecule has 28 heavy (non-hydrogen) atoms. The molecule has 0 radical (unpaired) electrons. The van der Waals surface area contributed by atoms with Crippen molar-refractivity contribution >= 4 is 11.9 Å². The van der Waals surface area contributed by atoms with Gasteiger partial charge in [0.2, 0.25) is 5.91 Å². The Bertz CT molecular complexity index is 761. The topological polar surface area (TPSA) is 56.7 Å². The Morgan fingerprint density at radius 2 is 1.71 bits per heavy atom. The normalized spacial score (nSPS) is 16.8. The van der Waals surface area contributed by atoms with Gasteiger partial charge in [0.15, 0.2) is 5.96 Å². The van der Waals surface area contributed by atoms with Crippen LogP contribution < -0.4 is 10.6 Å². The number of hydrogen-bond acceptors (Lipinski definition) is 2. The highest BCUT2D eigenvalue weighted by Gasteiger charge is 2.25. The Balaban J connectivity index is 1.50. The maximum Gasteiger partial charge on any atom is 0.242 e. The Morgan fingerprint density at radius 3 is 2.39 bits per heavy atom. The van der Waals surface area contributed by atoms with E-state index in [0.717, 1.165) is 44.0 Å². The fraction of sp³-hybridized carbons (Fsp3) is 0.391. The minimum Gasteiger partial charge on any atom is -0.357 e. The Hall–Kier alpha value is -2.82. The second kappa shape index (κ2) is 10.5. The average Bonchev–Trinajstić information content (AvgIpc) is 3.19. The average molecular weight is 379 g/mol. The first kappa shape index (κ1) is 19.9. The number of rotatable bonds is 7. The quantitative estimate of drug-likeness (QED) is 0.575. The summed E-state index contributed by atoms with van der Waals surface area (Å²) in [5.41, 5.74) is 2.48. The van der Waals surface area contributed by atoms with Crippen LogP contribution in [0.15, 0.2) is 65.7 Å². The van der Waals surface area contributed by atoms with Crippen LogP contribution in [0.2, 0.25) is 0 Å². The molecule has 1 saturated heterocycles.